The van der Waals surface area contributed by atoms with Gasteiger partial charge in [0.2, 0.25) is 5.91 Å². The number of benzene rings is 1. The first-order chi connectivity index (χ1) is 11.6. The second-order valence-electron chi connectivity index (χ2n) is 5.52. The number of thioether (sulfide) groups is 2. The van der Waals surface area contributed by atoms with Crippen LogP contribution in [0.4, 0.5) is 5.69 Å². The second kappa shape index (κ2) is 7.44. The fraction of sp³-hybridized carbons (Fsp3) is 0.353. The molecule has 3 rings (SSSR count). The molecular formula is C17H19N3O2S2. The molecule has 0 fully saturated rings. The number of aryl methyl sites for hydroxylation is 2. The van der Waals surface area contributed by atoms with Gasteiger partial charge in [0.25, 0.3) is 5.56 Å². The van der Waals surface area contributed by atoms with E-state index in [1.165, 1.54) is 11.8 Å². The summed E-state index contributed by atoms with van der Waals surface area (Å²) >= 11 is 2.89. The highest BCUT2D eigenvalue weighted by atomic mass is 32.2. The largest absolute Gasteiger partial charge is 0.325 e. The van der Waals surface area contributed by atoms with Crippen molar-refractivity contribution in [3.05, 3.63) is 45.9 Å². The zero-order valence-electron chi connectivity index (χ0n) is 13.7. The number of nitrogens with zero attached hydrogens (tertiary/aromatic N) is 2. The van der Waals surface area contributed by atoms with Crippen LogP contribution in [0.25, 0.3) is 0 Å². The van der Waals surface area contributed by atoms with Crippen molar-refractivity contribution >= 4 is 35.1 Å². The van der Waals surface area contributed by atoms with Crippen molar-refractivity contribution < 1.29 is 4.79 Å². The maximum atomic E-state index is 12.5. The standard InChI is InChI=1S/C17H19N3O2S2/c1-3-20-16(22)15-13(8-9-23-15)19-17(20)24-10-14(21)18-12-6-4-11(2)5-7-12/h4-7H,3,8-10H2,1-2H3,(H,18,21). The zero-order chi connectivity index (χ0) is 17.1. The summed E-state index contributed by atoms with van der Waals surface area (Å²) in [4.78, 5) is 30.0. The van der Waals surface area contributed by atoms with Crippen LogP contribution < -0.4 is 10.9 Å². The quantitative estimate of drug-likeness (QED) is 0.655. The number of fused-ring (bicyclic) bond motifs is 1. The predicted octanol–water partition coefficient (Wildman–Crippen LogP) is 2.95. The molecule has 1 aromatic carbocycles. The van der Waals surface area contributed by atoms with Gasteiger partial charge in [-0.1, -0.05) is 29.5 Å². The molecule has 2 heterocycles. The molecule has 24 heavy (non-hydrogen) atoms. The molecule has 1 aromatic heterocycles. The van der Waals surface area contributed by atoms with Gasteiger partial charge in [-0.05, 0) is 26.0 Å². The third-order valence-electron chi connectivity index (χ3n) is 3.73. The number of carbonyl (C=O) groups is 1. The van der Waals surface area contributed by atoms with E-state index >= 15 is 0 Å². The van der Waals surface area contributed by atoms with Crippen LogP contribution in [-0.4, -0.2) is 27.0 Å². The number of rotatable bonds is 5. The van der Waals surface area contributed by atoms with Gasteiger partial charge in [-0.25, -0.2) is 4.98 Å². The van der Waals surface area contributed by atoms with Crippen molar-refractivity contribution in [1.29, 1.82) is 0 Å². The highest BCUT2D eigenvalue weighted by Crippen LogP contribution is 2.28. The van der Waals surface area contributed by atoms with E-state index in [1.807, 2.05) is 38.1 Å². The lowest BCUT2D eigenvalue weighted by molar-refractivity contribution is -0.113. The number of carbonyl (C=O) groups excluding carboxylic acids is 1. The van der Waals surface area contributed by atoms with Crippen LogP contribution in [0.3, 0.4) is 0 Å². The average molecular weight is 361 g/mol. The maximum Gasteiger partial charge on any atom is 0.268 e. The van der Waals surface area contributed by atoms with E-state index in [2.05, 4.69) is 10.3 Å². The third-order valence-corrected chi connectivity index (χ3v) is 5.82. The summed E-state index contributed by atoms with van der Waals surface area (Å²) in [6, 6.07) is 7.67. The lowest BCUT2D eigenvalue weighted by Gasteiger charge is -2.11. The number of anilines is 1. The topological polar surface area (TPSA) is 64.0 Å². The minimum Gasteiger partial charge on any atom is -0.325 e. The van der Waals surface area contributed by atoms with E-state index in [0.29, 0.717) is 11.7 Å². The molecule has 0 spiro atoms. The van der Waals surface area contributed by atoms with Gasteiger partial charge in [0.15, 0.2) is 5.16 Å². The van der Waals surface area contributed by atoms with Crippen molar-refractivity contribution in [2.45, 2.75) is 36.9 Å². The van der Waals surface area contributed by atoms with Crippen LogP contribution >= 0.6 is 23.5 Å². The Morgan fingerprint density at radius 3 is 2.83 bits per heavy atom. The van der Waals surface area contributed by atoms with Gasteiger partial charge in [0.05, 0.1) is 16.3 Å². The summed E-state index contributed by atoms with van der Waals surface area (Å²) in [5.74, 6) is 1.03. The number of amides is 1. The molecule has 1 aliphatic heterocycles. The van der Waals surface area contributed by atoms with Crippen molar-refractivity contribution in [3.63, 3.8) is 0 Å². The number of hydrogen-bond acceptors (Lipinski definition) is 5. The molecule has 1 amide bonds. The number of hydrogen-bond donors (Lipinski definition) is 1. The fourth-order valence-corrected chi connectivity index (χ4v) is 4.40. The van der Waals surface area contributed by atoms with E-state index in [9.17, 15) is 9.59 Å². The van der Waals surface area contributed by atoms with Gasteiger partial charge in [-0.2, -0.15) is 0 Å². The first-order valence-electron chi connectivity index (χ1n) is 7.84. The summed E-state index contributed by atoms with van der Waals surface area (Å²) in [6.45, 7) is 4.48. The van der Waals surface area contributed by atoms with E-state index in [4.69, 9.17) is 0 Å². The first-order valence-corrected chi connectivity index (χ1v) is 9.81. The van der Waals surface area contributed by atoms with Gasteiger partial charge in [-0.15, -0.1) is 11.8 Å². The highest BCUT2D eigenvalue weighted by Gasteiger charge is 2.21. The predicted molar refractivity (Wildman–Crippen MR) is 99.1 cm³/mol. The minimum atomic E-state index is -0.101. The monoisotopic (exact) mass is 361 g/mol. The molecule has 0 radical (unpaired) electrons. The van der Waals surface area contributed by atoms with E-state index in [0.717, 1.165) is 34.0 Å². The smallest absolute Gasteiger partial charge is 0.268 e. The van der Waals surface area contributed by atoms with Crippen molar-refractivity contribution in [2.75, 3.05) is 16.8 Å². The summed E-state index contributed by atoms with van der Waals surface area (Å²) in [5, 5.41) is 3.49. The Balaban J connectivity index is 1.70. The summed E-state index contributed by atoms with van der Waals surface area (Å²) < 4.78 is 1.65. The fourth-order valence-electron chi connectivity index (χ4n) is 2.48. The molecule has 1 aliphatic rings. The molecule has 0 aliphatic carbocycles. The zero-order valence-corrected chi connectivity index (χ0v) is 15.3. The van der Waals surface area contributed by atoms with Gasteiger partial charge in [-0.3, -0.25) is 14.2 Å². The molecule has 1 N–H and O–H groups in total. The van der Waals surface area contributed by atoms with Crippen LogP contribution in [-0.2, 0) is 17.8 Å². The van der Waals surface area contributed by atoms with Gasteiger partial charge in [0.1, 0.15) is 0 Å². The summed E-state index contributed by atoms with van der Waals surface area (Å²) in [7, 11) is 0. The van der Waals surface area contributed by atoms with Crippen molar-refractivity contribution in [2.24, 2.45) is 0 Å². The molecule has 0 unspecified atom stereocenters. The molecule has 0 saturated carbocycles. The average Bonchev–Trinajstić information content (AvgIpc) is 3.04. The van der Waals surface area contributed by atoms with Crippen LogP contribution in [0, 0.1) is 6.92 Å². The lowest BCUT2D eigenvalue weighted by Crippen LogP contribution is -2.25. The molecule has 0 bridgehead atoms. The Bertz CT molecular complexity index is 816. The number of nitrogens with one attached hydrogen (secondary N) is 1. The van der Waals surface area contributed by atoms with Crippen molar-refractivity contribution in [1.82, 2.24) is 9.55 Å². The molecular weight excluding hydrogens is 342 g/mol. The first kappa shape index (κ1) is 17.1. The van der Waals surface area contributed by atoms with E-state index in [1.54, 1.807) is 16.3 Å². The Labute approximate surface area is 149 Å². The van der Waals surface area contributed by atoms with E-state index in [-0.39, 0.29) is 17.2 Å². The van der Waals surface area contributed by atoms with Crippen LogP contribution in [0.15, 0.2) is 39.1 Å². The Kier molecular flexibility index (Phi) is 5.30. The molecule has 0 saturated heterocycles. The van der Waals surface area contributed by atoms with Gasteiger partial charge >= 0.3 is 0 Å². The van der Waals surface area contributed by atoms with Gasteiger partial charge < -0.3 is 5.32 Å². The Hall–Kier alpha value is -1.73. The molecule has 0 atom stereocenters. The van der Waals surface area contributed by atoms with Crippen LogP contribution in [0.1, 0.15) is 18.2 Å². The normalized spacial score (nSPS) is 12.9. The SMILES string of the molecule is CCn1c(SCC(=O)Nc2ccc(C)cc2)nc2c(c1=O)SCC2. The second-order valence-corrected chi connectivity index (χ2v) is 7.57. The molecule has 2 aromatic rings. The Morgan fingerprint density at radius 1 is 1.38 bits per heavy atom. The maximum absolute atomic E-state index is 12.5. The van der Waals surface area contributed by atoms with E-state index < -0.39 is 0 Å². The minimum absolute atomic E-state index is 0.0199. The molecule has 7 heteroatoms. The molecule has 5 nitrogen and oxygen atoms in total. The highest BCUT2D eigenvalue weighted by molar-refractivity contribution is 8.00. The van der Waals surface area contributed by atoms with Crippen molar-refractivity contribution in [3.8, 4) is 0 Å². The Morgan fingerprint density at radius 2 is 2.12 bits per heavy atom. The number of aromatic nitrogens is 2. The van der Waals surface area contributed by atoms with Gasteiger partial charge in [0, 0.05) is 24.4 Å². The van der Waals surface area contributed by atoms with Crippen LogP contribution in [0.5, 0.6) is 0 Å². The van der Waals surface area contributed by atoms with Crippen LogP contribution in [0.2, 0.25) is 0 Å². The summed E-state index contributed by atoms with van der Waals surface area (Å²) in [5.41, 5.74) is 2.81. The molecule has 126 valence electrons. The summed E-state index contributed by atoms with van der Waals surface area (Å²) in [6.07, 6.45) is 0.822. The third kappa shape index (κ3) is 3.67. The lowest BCUT2D eigenvalue weighted by atomic mass is 10.2.